The summed E-state index contributed by atoms with van der Waals surface area (Å²) >= 11 is 1.41. The summed E-state index contributed by atoms with van der Waals surface area (Å²) in [5.74, 6) is 0.0636. The van der Waals surface area contributed by atoms with Crippen molar-refractivity contribution in [3.05, 3.63) is 60.4 Å². The third-order valence-corrected chi connectivity index (χ3v) is 4.80. The first kappa shape index (κ1) is 13.4. The molecule has 0 bridgehead atoms. The lowest BCUT2D eigenvalue weighted by molar-refractivity contribution is 0.629. The Bertz CT molecular complexity index is 1150. The SMILES string of the molecule is Fc1ccccc1-c1nnc2sc(-c3cc4ccccc4[nH]3)nn12. The first-order chi connectivity index (χ1) is 11.8. The molecule has 116 valence electrons. The van der Waals surface area contributed by atoms with E-state index in [1.54, 1.807) is 22.7 Å². The van der Waals surface area contributed by atoms with Crippen molar-refractivity contribution in [3.63, 3.8) is 0 Å². The van der Waals surface area contributed by atoms with Crippen molar-refractivity contribution >= 4 is 27.2 Å². The highest BCUT2D eigenvalue weighted by molar-refractivity contribution is 7.19. The molecular weight excluding hydrogens is 325 g/mol. The normalized spacial score (nSPS) is 11.5. The molecule has 1 N–H and O–H groups in total. The van der Waals surface area contributed by atoms with Crippen molar-refractivity contribution in [2.45, 2.75) is 0 Å². The molecule has 5 nitrogen and oxygen atoms in total. The lowest BCUT2D eigenvalue weighted by atomic mass is 10.2. The maximum absolute atomic E-state index is 14.0. The molecule has 5 rings (SSSR count). The van der Waals surface area contributed by atoms with Crippen LogP contribution in [0, 0.1) is 5.82 Å². The fourth-order valence-corrected chi connectivity index (χ4v) is 3.54. The van der Waals surface area contributed by atoms with Gasteiger partial charge in [0.2, 0.25) is 4.96 Å². The van der Waals surface area contributed by atoms with E-state index in [9.17, 15) is 4.39 Å². The summed E-state index contributed by atoms with van der Waals surface area (Å²) in [5, 5.41) is 14.7. The van der Waals surface area contributed by atoms with Gasteiger partial charge in [0, 0.05) is 10.9 Å². The van der Waals surface area contributed by atoms with Crippen molar-refractivity contribution in [2.24, 2.45) is 0 Å². The summed E-state index contributed by atoms with van der Waals surface area (Å²) in [5.41, 5.74) is 2.34. The average molecular weight is 335 g/mol. The molecule has 3 aromatic heterocycles. The molecule has 0 aliphatic rings. The molecule has 0 saturated heterocycles. The smallest absolute Gasteiger partial charge is 0.235 e. The lowest BCUT2D eigenvalue weighted by Crippen LogP contribution is -1.93. The Labute approximate surface area is 139 Å². The summed E-state index contributed by atoms with van der Waals surface area (Å²) in [4.78, 5) is 3.97. The Morgan fingerprint density at radius 3 is 2.71 bits per heavy atom. The summed E-state index contributed by atoms with van der Waals surface area (Å²) in [6, 6.07) is 16.6. The number of H-pyrrole nitrogens is 1. The van der Waals surface area contributed by atoms with Gasteiger partial charge in [-0.1, -0.05) is 41.7 Å². The molecule has 5 aromatic rings. The molecule has 3 heterocycles. The van der Waals surface area contributed by atoms with Gasteiger partial charge in [0.1, 0.15) is 5.82 Å². The average Bonchev–Trinajstić information content (AvgIpc) is 3.28. The van der Waals surface area contributed by atoms with E-state index in [0.717, 1.165) is 21.6 Å². The van der Waals surface area contributed by atoms with Crippen molar-refractivity contribution in [1.82, 2.24) is 24.8 Å². The predicted molar refractivity (Wildman–Crippen MR) is 91.3 cm³/mol. The Hall–Kier alpha value is -3.06. The zero-order valence-electron chi connectivity index (χ0n) is 12.3. The molecule has 0 fully saturated rings. The zero-order chi connectivity index (χ0) is 16.1. The van der Waals surface area contributed by atoms with Crippen LogP contribution >= 0.6 is 11.3 Å². The standard InChI is InChI=1S/C17H10FN5S/c18-12-7-3-2-6-11(12)15-20-21-17-23(15)22-16(24-17)14-9-10-5-1-4-8-13(10)19-14/h1-9,19H. The minimum Gasteiger partial charge on any atom is -0.353 e. The number of nitrogens with one attached hydrogen (secondary N) is 1. The Morgan fingerprint density at radius 1 is 1.00 bits per heavy atom. The van der Waals surface area contributed by atoms with Gasteiger partial charge in [-0.15, -0.1) is 10.2 Å². The van der Waals surface area contributed by atoms with E-state index in [4.69, 9.17) is 0 Å². The number of benzene rings is 2. The first-order valence-corrected chi connectivity index (χ1v) is 8.16. The number of rotatable bonds is 2. The van der Waals surface area contributed by atoms with Crippen LogP contribution in [0.3, 0.4) is 0 Å². The fourth-order valence-electron chi connectivity index (χ4n) is 2.72. The predicted octanol–water partition coefficient (Wildman–Crippen LogP) is 4.14. The molecule has 24 heavy (non-hydrogen) atoms. The maximum Gasteiger partial charge on any atom is 0.235 e. The summed E-state index contributed by atoms with van der Waals surface area (Å²) in [6.45, 7) is 0. The largest absolute Gasteiger partial charge is 0.353 e. The van der Waals surface area contributed by atoms with Crippen LogP contribution in [0.4, 0.5) is 4.39 Å². The molecule has 0 spiro atoms. The van der Waals surface area contributed by atoms with Gasteiger partial charge in [-0.2, -0.15) is 9.61 Å². The topological polar surface area (TPSA) is 58.9 Å². The molecule has 0 radical (unpaired) electrons. The molecule has 2 aromatic carbocycles. The number of hydrogen-bond acceptors (Lipinski definition) is 4. The zero-order valence-corrected chi connectivity index (χ0v) is 13.1. The Balaban J connectivity index is 1.68. The van der Waals surface area contributed by atoms with Gasteiger partial charge in [-0.3, -0.25) is 0 Å². The minimum absolute atomic E-state index is 0.341. The van der Waals surface area contributed by atoms with Crippen LogP contribution in [0.5, 0.6) is 0 Å². The van der Waals surface area contributed by atoms with E-state index >= 15 is 0 Å². The van der Waals surface area contributed by atoms with Gasteiger partial charge in [-0.25, -0.2) is 4.39 Å². The van der Waals surface area contributed by atoms with Crippen LogP contribution in [-0.4, -0.2) is 24.8 Å². The third-order valence-electron chi connectivity index (χ3n) is 3.87. The van der Waals surface area contributed by atoms with E-state index in [2.05, 4.69) is 20.3 Å². The highest BCUT2D eigenvalue weighted by Crippen LogP contribution is 2.30. The van der Waals surface area contributed by atoms with Gasteiger partial charge >= 0.3 is 0 Å². The van der Waals surface area contributed by atoms with Crippen LogP contribution in [0.2, 0.25) is 0 Å². The third kappa shape index (κ3) is 1.95. The van der Waals surface area contributed by atoms with E-state index in [-0.39, 0.29) is 5.82 Å². The van der Waals surface area contributed by atoms with Crippen molar-refractivity contribution in [1.29, 1.82) is 0 Å². The van der Waals surface area contributed by atoms with Crippen LogP contribution in [0.15, 0.2) is 54.6 Å². The number of para-hydroxylation sites is 1. The molecule has 0 saturated carbocycles. The maximum atomic E-state index is 14.0. The van der Waals surface area contributed by atoms with Gasteiger partial charge in [-0.05, 0) is 24.3 Å². The monoisotopic (exact) mass is 335 g/mol. The number of aromatic nitrogens is 5. The van der Waals surface area contributed by atoms with Gasteiger partial charge in [0.15, 0.2) is 10.8 Å². The summed E-state index contributed by atoms with van der Waals surface area (Å²) in [7, 11) is 0. The Kier molecular flexibility index (Phi) is 2.77. The van der Waals surface area contributed by atoms with E-state index in [1.807, 2.05) is 30.3 Å². The second kappa shape index (κ2) is 4.97. The van der Waals surface area contributed by atoms with Crippen LogP contribution in [0.1, 0.15) is 0 Å². The number of aromatic amines is 1. The molecule has 0 unspecified atom stereocenters. The van der Waals surface area contributed by atoms with Crippen LogP contribution in [0.25, 0.3) is 38.0 Å². The summed E-state index contributed by atoms with van der Waals surface area (Å²) in [6.07, 6.45) is 0. The van der Waals surface area contributed by atoms with Crippen molar-refractivity contribution < 1.29 is 4.39 Å². The fraction of sp³-hybridized carbons (Fsp3) is 0. The van der Waals surface area contributed by atoms with E-state index in [0.29, 0.717) is 16.3 Å². The number of halogens is 1. The lowest BCUT2D eigenvalue weighted by Gasteiger charge is -1.98. The van der Waals surface area contributed by atoms with Gasteiger partial charge in [0.25, 0.3) is 0 Å². The summed E-state index contributed by atoms with van der Waals surface area (Å²) < 4.78 is 15.6. The van der Waals surface area contributed by atoms with Crippen LogP contribution in [-0.2, 0) is 0 Å². The second-order valence-corrected chi connectivity index (χ2v) is 6.33. The highest BCUT2D eigenvalue weighted by atomic mass is 32.1. The van der Waals surface area contributed by atoms with Gasteiger partial charge < -0.3 is 4.98 Å². The number of fused-ring (bicyclic) bond motifs is 2. The second-order valence-electron chi connectivity index (χ2n) is 5.38. The van der Waals surface area contributed by atoms with Gasteiger partial charge in [0.05, 0.1) is 11.3 Å². The molecule has 0 aliphatic carbocycles. The molecule has 0 atom stereocenters. The van der Waals surface area contributed by atoms with Crippen LogP contribution < -0.4 is 0 Å². The minimum atomic E-state index is -0.341. The number of nitrogens with zero attached hydrogens (tertiary/aromatic N) is 4. The van der Waals surface area contributed by atoms with E-state index in [1.165, 1.54) is 17.4 Å². The van der Waals surface area contributed by atoms with E-state index < -0.39 is 0 Å². The van der Waals surface area contributed by atoms with Crippen molar-refractivity contribution in [3.8, 4) is 22.1 Å². The quantitative estimate of drug-likeness (QED) is 0.527. The Morgan fingerprint density at radius 2 is 1.83 bits per heavy atom. The molecular formula is C17H10FN5S. The molecule has 0 aliphatic heterocycles. The highest BCUT2D eigenvalue weighted by Gasteiger charge is 2.17. The number of hydrogen-bond donors (Lipinski definition) is 1. The first-order valence-electron chi connectivity index (χ1n) is 7.35. The molecule has 7 heteroatoms. The molecule has 0 amide bonds. The van der Waals surface area contributed by atoms with Crippen molar-refractivity contribution in [2.75, 3.05) is 0 Å².